The Morgan fingerprint density at radius 2 is 1.87 bits per heavy atom. The zero-order valence-corrected chi connectivity index (χ0v) is 17.4. The van der Waals surface area contributed by atoms with Crippen LogP contribution in [-0.2, 0) is 16.0 Å². The number of hydrogen-bond donors (Lipinski definition) is 1. The smallest absolute Gasteiger partial charge is 0.305 e. The second-order valence-corrected chi connectivity index (χ2v) is 8.04. The van der Waals surface area contributed by atoms with Crippen LogP contribution in [0, 0.1) is 5.92 Å². The van der Waals surface area contributed by atoms with Crippen molar-refractivity contribution in [3.8, 4) is 22.6 Å². The first-order chi connectivity index (χ1) is 14.7. The molecule has 0 aliphatic heterocycles. The molecule has 0 atom stereocenters. The number of methoxy groups -OCH3 is 1. The van der Waals surface area contributed by atoms with E-state index in [0.29, 0.717) is 25.4 Å². The molecule has 156 valence electrons. The van der Waals surface area contributed by atoms with Crippen LogP contribution >= 0.6 is 0 Å². The first-order valence-electron chi connectivity index (χ1n) is 10.7. The SMILES string of the molecule is COC(=O)CCc1cccc(-c2ccc3c(O)cccc3c2)c1OCC1CCCC1. The third kappa shape index (κ3) is 4.43. The standard InChI is InChI=1S/C26H28O4/c1-29-25(28)15-13-19-8-4-10-23(26(19)30-17-18-6-2-3-7-18)21-12-14-22-20(16-21)9-5-11-24(22)27/h4-5,8-12,14,16,18,27H,2-3,6-7,13,15,17H2,1H3. The molecule has 1 N–H and O–H groups in total. The number of aryl methyl sites for hydroxylation is 1. The zero-order valence-electron chi connectivity index (χ0n) is 17.4. The van der Waals surface area contributed by atoms with Gasteiger partial charge in [-0.05, 0) is 53.8 Å². The van der Waals surface area contributed by atoms with Crippen LogP contribution in [0.2, 0.25) is 0 Å². The molecule has 0 saturated heterocycles. The quantitative estimate of drug-likeness (QED) is 0.499. The highest BCUT2D eigenvalue weighted by Crippen LogP contribution is 2.37. The maximum absolute atomic E-state index is 11.7. The summed E-state index contributed by atoms with van der Waals surface area (Å²) in [6.07, 6.45) is 5.89. The lowest BCUT2D eigenvalue weighted by atomic mass is 9.96. The molecule has 0 spiro atoms. The Balaban J connectivity index is 1.70. The number of phenolic OH excluding ortho intramolecular Hbond substituents is 1. The minimum absolute atomic E-state index is 0.219. The van der Waals surface area contributed by atoms with Crippen molar-refractivity contribution in [2.75, 3.05) is 13.7 Å². The molecule has 0 unspecified atom stereocenters. The lowest BCUT2D eigenvalue weighted by Gasteiger charge is -2.19. The number of fused-ring (bicyclic) bond motifs is 1. The van der Waals surface area contributed by atoms with Crippen molar-refractivity contribution in [3.63, 3.8) is 0 Å². The predicted octanol–water partition coefficient (Wildman–Crippen LogP) is 5.89. The van der Waals surface area contributed by atoms with Crippen molar-refractivity contribution in [1.82, 2.24) is 0 Å². The molecule has 3 aromatic rings. The highest BCUT2D eigenvalue weighted by molar-refractivity contribution is 5.92. The Morgan fingerprint density at radius 3 is 2.67 bits per heavy atom. The minimum Gasteiger partial charge on any atom is -0.507 e. The topological polar surface area (TPSA) is 55.8 Å². The summed E-state index contributed by atoms with van der Waals surface area (Å²) in [5.74, 6) is 1.51. The van der Waals surface area contributed by atoms with Crippen LogP contribution in [-0.4, -0.2) is 24.8 Å². The van der Waals surface area contributed by atoms with E-state index in [2.05, 4.69) is 12.1 Å². The third-order valence-corrected chi connectivity index (χ3v) is 6.03. The van der Waals surface area contributed by atoms with Gasteiger partial charge in [0.1, 0.15) is 11.5 Å². The van der Waals surface area contributed by atoms with Gasteiger partial charge in [-0.1, -0.05) is 55.3 Å². The van der Waals surface area contributed by atoms with Gasteiger partial charge in [0.05, 0.1) is 13.7 Å². The summed E-state index contributed by atoms with van der Waals surface area (Å²) >= 11 is 0. The van der Waals surface area contributed by atoms with Gasteiger partial charge >= 0.3 is 5.97 Å². The molecule has 0 amide bonds. The number of rotatable bonds is 7. The number of para-hydroxylation sites is 1. The Bertz CT molecular complexity index is 1030. The molecule has 0 bridgehead atoms. The summed E-state index contributed by atoms with van der Waals surface area (Å²) in [6, 6.07) is 17.7. The summed E-state index contributed by atoms with van der Waals surface area (Å²) in [6.45, 7) is 0.705. The maximum atomic E-state index is 11.7. The highest BCUT2D eigenvalue weighted by Gasteiger charge is 2.19. The van der Waals surface area contributed by atoms with E-state index in [4.69, 9.17) is 9.47 Å². The second-order valence-electron chi connectivity index (χ2n) is 8.04. The number of aromatic hydroxyl groups is 1. The molecule has 0 aromatic heterocycles. The maximum Gasteiger partial charge on any atom is 0.305 e. The number of ether oxygens (including phenoxy) is 2. The predicted molar refractivity (Wildman–Crippen MR) is 119 cm³/mol. The van der Waals surface area contributed by atoms with E-state index in [1.807, 2.05) is 36.4 Å². The van der Waals surface area contributed by atoms with E-state index in [1.54, 1.807) is 6.07 Å². The number of phenols is 1. The number of carbonyl (C=O) groups is 1. The van der Waals surface area contributed by atoms with Crippen LogP contribution in [0.5, 0.6) is 11.5 Å². The number of benzene rings is 3. The molecule has 0 radical (unpaired) electrons. The van der Waals surface area contributed by atoms with Crippen molar-refractivity contribution in [1.29, 1.82) is 0 Å². The zero-order chi connectivity index (χ0) is 20.9. The van der Waals surface area contributed by atoms with Crippen LogP contribution < -0.4 is 4.74 Å². The number of hydrogen-bond acceptors (Lipinski definition) is 4. The number of carbonyl (C=O) groups excluding carboxylic acids is 1. The fourth-order valence-corrected chi connectivity index (χ4v) is 4.33. The molecule has 1 fully saturated rings. The van der Waals surface area contributed by atoms with Crippen molar-refractivity contribution in [2.24, 2.45) is 5.92 Å². The van der Waals surface area contributed by atoms with Crippen LogP contribution in [0.15, 0.2) is 54.6 Å². The van der Waals surface area contributed by atoms with Gasteiger partial charge in [0.2, 0.25) is 0 Å². The molecule has 1 aliphatic carbocycles. The van der Waals surface area contributed by atoms with Gasteiger partial charge in [-0.3, -0.25) is 4.79 Å². The highest BCUT2D eigenvalue weighted by atomic mass is 16.5. The minimum atomic E-state index is -0.219. The van der Waals surface area contributed by atoms with Crippen molar-refractivity contribution in [3.05, 3.63) is 60.2 Å². The Morgan fingerprint density at radius 1 is 1.07 bits per heavy atom. The molecule has 0 heterocycles. The van der Waals surface area contributed by atoms with Crippen LogP contribution in [0.3, 0.4) is 0 Å². The van der Waals surface area contributed by atoms with E-state index in [9.17, 15) is 9.90 Å². The first-order valence-corrected chi connectivity index (χ1v) is 10.7. The second kappa shape index (κ2) is 9.21. The molecule has 3 aromatic carbocycles. The Kier molecular flexibility index (Phi) is 6.22. The Labute approximate surface area is 177 Å². The van der Waals surface area contributed by atoms with Crippen LogP contribution in [0.25, 0.3) is 21.9 Å². The van der Waals surface area contributed by atoms with E-state index in [-0.39, 0.29) is 11.7 Å². The fraction of sp³-hybridized carbons (Fsp3) is 0.346. The van der Waals surface area contributed by atoms with Gasteiger partial charge in [-0.15, -0.1) is 0 Å². The molecule has 4 rings (SSSR count). The first kappa shape index (κ1) is 20.3. The fourth-order valence-electron chi connectivity index (χ4n) is 4.33. The van der Waals surface area contributed by atoms with Crippen LogP contribution in [0.1, 0.15) is 37.7 Å². The van der Waals surface area contributed by atoms with Crippen molar-refractivity contribution >= 4 is 16.7 Å². The van der Waals surface area contributed by atoms with E-state index >= 15 is 0 Å². The lowest BCUT2D eigenvalue weighted by molar-refractivity contribution is -0.140. The third-order valence-electron chi connectivity index (χ3n) is 6.03. The van der Waals surface area contributed by atoms with Gasteiger partial charge in [-0.2, -0.15) is 0 Å². The summed E-state index contributed by atoms with van der Waals surface area (Å²) in [4.78, 5) is 11.7. The van der Waals surface area contributed by atoms with Gasteiger partial charge in [0.25, 0.3) is 0 Å². The molecule has 4 nitrogen and oxygen atoms in total. The summed E-state index contributed by atoms with van der Waals surface area (Å²) < 4.78 is 11.2. The lowest BCUT2D eigenvalue weighted by Crippen LogP contribution is -2.11. The molecule has 30 heavy (non-hydrogen) atoms. The molecule has 1 aliphatic rings. The van der Waals surface area contributed by atoms with E-state index in [1.165, 1.54) is 32.8 Å². The van der Waals surface area contributed by atoms with Gasteiger partial charge < -0.3 is 14.6 Å². The van der Waals surface area contributed by atoms with Crippen molar-refractivity contribution < 1.29 is 19.4 Å². The van der Waals surface area contributed by atoms with E-state index in [0.717, 1.165) is 33.2 Å². The van der Waals surface area contributed by atoms with Gasteiger partial charge in [0, 0.05) is 17.4 Å². The number of esters is 1. The van der Waals surface area contributed by atoms with Gasteiger partial charge in [0.15, 0.2) is 0 Å². The summed E-state index contributed by atoms with van der Waals surface area (Å²) in [7, 11) is 1.42. The average Bonchev–Trinajstić information content (AvgIpc) is 3.29. The Hall–Kier alpha value is -3.01. The molecular formula is C26H28O4. The molecule has 1 saturated carbocycles. The normalized spacial score (nSPS) is 14.2. The van der Waals surface area contributed by atoms with Gasteiger partial charge in [-0.25, -0.2) is 0 Å². The monoisotopic (exact) mass is 404 g/mol. The van der Waals surface area contributed by atoms with Crippen molar-refractivity contribution in [2.45, 2.75) is 38.5 Å². The summed E-state index contributed by atoms with van der Waals surface area (Å²) in [5.41, 5.74) is 3.07. The average molecular weight is 405 g/mol. The summed E-state index contributed by atoms with van der Waals surface area (Å²) in [5, 5.41) is 11.9. The largest absolute Gasteiger partial charge is 0.507 e. The van der Waals surface area contributed by atoms with E-state index < -0.39 is 0 Å². The van der Waals surface area contributed by atoms with Crippen LogP contribution in [0.4, 0.5) is 0 Å². The molecular weight excluding hydrogens is 376 g/mol. The molecule has 4 heteroatoms.